The third-order valence-corrected chi connectivity index (χ3v) is 29.0. The number of hydrogen-bond acceptors (Lipinski definition) is 5. The molecule has 18 aliphatic rings. The zero-order valence-corrected chi connectivity index (χ0v) is 52.6. The molecule has 4 spiro atoms. The van der Waals surface area contributed by atoms with Crippen molar-refractivity contribution in [1.29, 1.82) is 0 Å². The number of benzene rings is 3. The van der Waals surface area contributed by atoms with E-state index in [0.717, 1.165) is 76.7 Å². The standard InChI is InChI=1S/C82H96N2O4/c1-52-26-28-64(74(87)88)73-69(85)49-82-68-48-78-33-15-35-80-34-12-11-24-62(57-22-13-21-56(43-57)59-27-29-71(84-50-59)83-41-14-25-61(52)55-18-7-4-8-19-55)72-63-23-10-9-20-58(63)44-66(65(72)47-78)81(75(78)80,38-32-70(80)86)67(68)45-60(76(73,82)2)31-37-79(82)40-39-77(51-79)36-30-54(46-77)42-53-16-5-3-6-17-53/h3,5-6,9-10,13,15-17,20-23,27,29,33,43-44,47,54-55,60-62,64,66,69-70,73,75,83-86H,1,4,7-8,14,18-19,24-26,28,30-32,34-42,45-46,48-51H2,2H3,(H,87,88). The molecule has 6 aliphatic heterocycles. The minimum atomic E-state index is -0.729. The van der Waals surface area contributed by atoms with Crippen molar-refractivity contribution in [2.75, 3.05) is 13.1 Å². The maximum atomic E-state index is 14.8. The smallest absolute Gasteiger partial charge is 0.306 e. The molecule has 6 fully saturated rings. The van der Waals surface area contributed by atoms with Gasteiger partial charge in [-0.25, -0.2) is 0 Å². The van der Waals surface area contributed by atoms with Crippen molar-refractivity contribution >= 4 is 23.2 Å². The molecule has 6 nitrogen and oxygen atoms in total. The number of aliphatic hydroxyl groups excluding tert-OH is 2. The van der Waals surface area contributed by atoms with Crippen LogP contribution in [0, 0.1) is 97.1 Å². The van der Waals surface area contributed by atoms with Gasteiger partial charge in [0.1, 0.15) is 0 Å². The molecular weight excluding hydrogens is 1080 g/mol. The predicted octanol–water partition coefficient (Wildman–Crippen LogP) is 15.0. The van der Waals surface area contributed by atoms with Gasteiger partial charge in [-0.1, -0.05) is 159 Å². The Hall–Kier alpha value is -5.61. The average molecular weight is 1170 g/mol. The SMILES string of the molecule is C=C1CCC(C(=O)O)C2C(O)CC34C5=C(CC(CCC36CCC3(CCC(Cc7ccccc7)C3)C6)C24C)C23CCC(O)C46CC#CCC(C7=c8ccccc8=CC2C7=CC(C=CC4)(C5)C63)c2cccc(c2)C2=CC=C(NCCCC1C1CCCCC1)NC2. The molecule has 5 N–H and O–H groups in total. The monoisotopic (exact) mass is 1170 g/mol. The molecule has 12 aliphatic carbocycles. The second kappa shape index (κ2) is 20.7. The van der Waals surface area contributed by atoms with Gasteiger partial charge in [-0.2, -0.15) is 0 Å². The molecule has 6 saturated carbocycles. The highest BCUT2D eigenvalue weighted by Gasteiger charge is 2.82. The van der Waals surface area contributed by atoms with E-state index in [1.807, 2.05) is 0 Å². The molecule has 3 aromatic carbocycles. The van der Waals surface area contributed by atoms with E-state index < -0.39 is 40.3 Å². The molecule has 0 radical (unpaired) electrons. The van der Waals surface area contributed by atoms with Gasteiger partial charge >= 0.3 is 5.97 Å². The van der Waals surface area contributed by atoms with Crippen molar-refractivity contribution in [2.45, 2.75) is 192 Å². The molecule has 6 heterocycles. The van der Waals surface area contributed by atoms with Gasteiger partial charge in [-0.15, -0.1) is 11.8 Å². The Bertz CT molecular complexity index is 3750. The number of carboxylic acids is 1. The molecule has 17 atom stereocenters. The highest BCUT2D eigenvalue weighted by molar-refractivity contribution is 5.80. The fourth-order valence-electron chi connectivity index (χ4n) is 26.0. The number of carbonyl (C=O) groups is 1. The van der Waals surface area contributed by atoms with Crippen LogP contribution in [0.1, 0.15) is 190 Å². The normalized spacial score (nSPS) is 42.7. The van der Waals surface area contributed by atoms with Gasteiger partial charge in [-0.3, -0.25) is 4.79 Å². The first-order valence-corrected chi connectivity index (χ1v) is 35.5. The van der Waals surface area contributed by atoms with Gasteiger partial charge in [0.25, 0.3) is 0 Å². The summed E-state index contributed by atoms with van der Waals surface area (Å²) < 4.78 is 0. The molecular formula is C82H96N2O4. The largest absolute Gasteiger partial charge is 0.481 e. The van der Waals surface area contributed by atoms with E-state index in [-0.39, 0.29) is 51.2 Å². The predicted molar refractivity (Wildman–Crippen MR) is 352 cm³/mol. The Balaban J connectivity index is 0.891. The lowest BCUT2D eigenvalue weighted by molar-refractivity contribution is -0.194. The zero-order chi connectivity index (χ0) is 59.4. The van der Waals surface area contributed by atoms with Gasteiger partial charge in [-0.05, 0) is 231 Å². The number of rotatable bonds is 4. The lowest BCUT2D eigenvalue weighted by atomic mass is 9.27. The molecule has 88 heavy (non-hydrogen) atoms. The lowest BCUT2D eigenvalue weighted by Crippen LogP contribution is -2.70. The molecule has 458 valence electrons. The number of carboxylic acid groups (broad SMARTS) is 1. The Morgan fingerprint density at radius 2 is 1.68 bits per heavy atom. The van der Waals surface area contributed by atoms with Crippen LogP contribution in [0.4, 0.5) is 0 Å². The van der Waals surface area contributed by atoms with Crippen LogP contribution in [0.25, 0.3) is 17.2 Å². The first kappa shape index (κ1) is 56.4. The Morgan fingerprint density at radius 3 is 2.53 bits per heavy atom. The topological polar surface area (TPSA) is 102 Å². The van der Waals surface area contributed by atoms with Crippen LogP contribution in [0.5, 0.6) is 0 Å². The molecule has 18 bridgehead atoms. The van der Waals surface area contributed by atoms with Crippen molar-refractivity contribution in [2.24, 2.45) is 85.2 Å². The van der Waals surface area contributed by atoms with Crippen molar-refractivity contribution < 1.29 is 20.1 Å². The molecule has 6 heteroatoms. The highest BCUT2D eigenvalue weighted by Crippen LogP contribution is 2.88. The van der Waals surface area contributed by atoms with Crippen molar-refractivity contribution in [3.8, 4) is 11.8 Å². The van der Waals surface area contributed by atoms with E-state index in [1.165, 1.54) is 126 Å². The fourth-order valence-corrected chi connectivity index (χ4v) is 26.0. The van der Waals surface area contributed by atoms with E-state index in [4.69, 9.17) is 6.58 Å². The van der Waals surface area contributed by atoms with Crippen LogP contribution in [0.3, 0.4) is 0 Å². The minimum Gasteiger partial charge on any atom is -0.481 e. The first-order chi connectivity index (χ1) is 42.8. The van der Waals surface area contributed by atoms with Crippen molar-refractivity contribution in [1.82, 2.24) is 10.6 Å². The van der Waals surface area contributed by atoms with Gasteiger partial charge < -0.3 is 26.0 Å². The van der Waals surface area contributed by atoms with Crippen LogP contribution in [0.2, 0.25) is 0 Å². The van der Waals surface area contributed by atoms with Crippen LogP contribution in [0.15, 0.2) is 144 Å². The fraction of sp³-hybridized carbons (Fsp3) is 0.573. The number of dihydropyridines is 1. The van der Waals surface area contributed by atoms with Gasteiger partial charge in [0.15, 0.2) is 0 Å². The summed E-state index contributed by atoms with van der Waals surface area (Å²) in [5.74, 6) is 9.29. The maximum absolute atomic E-state index is 14.8. The summed E-state index contributed by atoms with van der Waals surface area (Å²) in [6.07, 6.45) is 41.0. The summed E-state index contributed by atoms with van der Waals surface area (Å²) in [5.41, 5.74) is 11.1. The Labute approximate surface area is 524 Å². The van der Waals surface area contributed by atoms with Crippen molar-refractivity contribution in [3.05, 3.63) is 171 Å². The summed E-state index contributed by atoms with van der Waals surface area (Å²) in [6, 6.07) is 30.1. The molecule has 0 amide bonds. The second-order valence-corrected chi connectivity index (χ2v) is 32.3. The summed E-state index contributed by atoms with van der Waals surface area (Å²) in [4.78, 5) is 14.8. The van der Waals surface area contributed by atoms with E-state index in [9.17, 15) is 20.1 Å². The van der Waals surface area contributed by atoms with E-state index in [0.29, 0.717) is 49.9 Å². The summed E-state index contributed by atoms with van der Waals surface area (Å²) in [7, 11) is 0. The van der Waals surface area contributed by atoms with Crippen LogP contribution < -0.4 is 21.1 Å². The zero-order valence-electron chi connectivity index (χ0n) is 52.6. The summed E-state index contributed by atoms with van der Waals surface area (Å²) in [5, 5.41) is 49.5. The minimum absolute atomic E-state index is 0.0252. The Kier molecular flexibility index (Phi) is 13.3. The van der Waals surface area contributed by atoms with E-state index >= 15 is 0 Å². The number of aliphatic hydroxyl groups is 2. The number of allylic oxidation sites excluding steroid dienone is 9. The number of nitrogens with one attached hydrogen (secondary N) is 2. The average Bonchev–Trinajstić information content (AvgIpc) is 1.13. The van der Waals surface area contributed by atoms with E-state index in [2.05, 4.69) is 145 Å². The second-order valence-electron chi connectivity index (χ2n) is 32.3. The van der Waals surface area contributed by atoms with Crippen LogP contribution >= 0.6 is 0 Å². The quantitative estimate of drug-likeness (QED) is 0.132. The summed E-state index contributed by atoms with van der Waals surface area (Å²) >= 11 is 0. The van der Waals surface area contributed by atoms with Crippen LogP contribution in [-0.2, 0) is 11.2 Å². The summed E-state index contributed by atoms with van der Waals surface area (Å²) in [6.45, 7) is 9.22. The molecule has 3 aromatic rings. The number of aliphatic carboxylic acids is 1. The molecule has 17 unspecified atom stereocenters. The van der Waals surface area contributed by atoms with Gasteiger partial charge in [0, 0.05) is 65.3 Å². The molecule has 0 saturated heterocycles. The number of fused-ring (bicyclic) bond motifs is 1. The third kappa shape index (κ3) is 7.95. The van der Waals surface area contributed by atoms with E-state index in [1.54, 1.807) is 11.1 Å². The van der Waals surface area contributed by atoms with Gasteiger partial charge in [0.2, 0.25) is 0 Å². The first-order valence-electron chi connectivity index (χ1n) is 35.5. The third-order valence-electron chi connectivity index (χ3n) is 29.0. The van der Waals surface area contributed by atoms with Gasteiger partial charge in [0.05, 0.1) is 23.9 Å². The maximum Gasteiger partial charge on any atom is 0.306 e. The Morgan fingerprint density at radius 1 is 0.818 bits per heavy atom. The number of hydrogen-bond donors (Lipinski definition) is 5. The van der Waals surface area contributed by atoms with Crippen molar-refractivity contribution in [3.63, 3.8) is 0 Å². The molecule has 21 rings (SSSR count). The highest BCUT2D eigenvalue weighted by atomic mass is 16.4. The van der Waals surface area contributed by atoms with Crippen LogP contribution in [-0.4, -0.2) is 46.6 Å². The lowest BCUT2D eigenvalue weighted by Gasteiger charge is -2.76. The molecule has 0 aromatic heterocycles.